The molecule has 1 saturated carbocycles. The van der Waals surface area contributed by atoms with Gasteiger partial charge in [0.15, 0.2) is 5.82 Å². The molecule has 1 aliphatic carbocycles. The lowest BCUT2D eigenvalue weighted by Gasteiger charge is -2.38. The number of aromatic nitrogens is 2. The van der Waals surface area contributed by atoms with E-state index in [9.17, 15) is 5.11 Å². The Morgan fingerprint density at radius 2 is 1.94 bits per heavy atom. The highest BCUT2D eigenvalue weighted by molar-refractivity contribution is 4.98. The number of hydrogen-bond donors (Lipinski definition) is 1. The van der Waals surface area contributed by atoms with Crippen LogP contribution in [-0.2, 0) is 6.42 Å². The van der Waals surface area contributed by atoms with Crippen molar-refractivity contribution in [2.75, 3.05) is 0 Å². The molecule has 0 radical (unpaired) electrons. The molecular formula is C14H24N2O2. The molecule has 0 saturated heterocycles. The van der Waals surface area contributed by atoms with E-state index in [-0.39, 0.29) is 5.92 Å². The van der Waals surface area contributed by atoms with Gasteiger partial charge in [-0.15, -0.1) is 0 Å². The average Bonchev–Trinajstić information content (AvgIpc) is 2.62. The van der Waals surface area contributed by atoms with Gasteiger partial charge < -0.3 is 9.63 Å². The van der Waals surface area contributed by atoms with Crippen molar-refractivity contribution in [1.82, 2.24) is 10.1 Å². The Balaban J connectivity index is 2.06. The van der Waals surface area contributed by atoms with E-state index in [0.29, 0.717) is 24.1 Å². The first-order valence-corrected chi connectivity index (χ1v) is 6.93. The zero-order valence-corrected chi connectivity index (χ0v) is 11.8. The van der Waals surface area contributed by atoms with E-state index in [0.717, 1.165) is 18.7 Å². The van der Waals surface area contributed by atoms with Gasteiger partial charge in [-0.25, -0.2) is 0 Å². The lowest BCUT2D eigenvalue weighted by atomic mass is 9.72. The second kappa shape index (κ2) is 5.00. The molecule has 1 fully saturated rings. The Labute approximate surface area is 109 Å². The van der Waals surface area contributed by atoms with Crippen LogP contribution in [0, 0.1) is 11.8 Å². The second-order valence-corrected chi connectivity index (χ2v) is 6.46. The molecule has 1 aliphatic rings. The summed E-state index contributed by atoms with van der Waals surface area (Å²) < 4.78 is 5.24. The predicted molar refractivity (Wildman–Crippen MR) is 69.2 cm³/mol. The zero-order chi connectivity index (χ0) is 13.3. The molecular weight excluding hydrogens is 228 g/mol. The highest BCUT2D eigenvalue weighted by Crippen LogP contribution is 2.37. The largest absolute Gasteiger partial charge is 0.389 e. The Morgan fingerprint density at radius 1 is 1.33 bits per heavy atom. The minimum atomic E-state index is -0.669. The van der Waals surface area contributed by atoms with Crippen LogP contribution >= 0.6 is 0 Å². The van der Waals surface area contributed by atoms with Crippen molar-refractivity contribution in [2.24, 2.45) is 11.8 Å². The van der Waals surface area contributed by atoms with Crippen molar-refractivity contribution in [3.8, 4) is 0 Å². The summed E-state index contributed by atoms with van der Waals surface area (Å²) in [6.07, 6.45) is 3.35. The monoisotopic (exact) mass is 252 g/mol. The molecule has 0 amide bonds. The molecule has 102 valence electrons. The third-order valence-corrected chi connectivity index (χ3v) is 3.74. The van der Waals surface area contributed by atoms with E-state index >= 15 is 0 Å². The van der Waals surface area contributed by atoms with E-state index in [1.165, 1.54) is 6.42 Å². The highest BCUT2D eigenvalue weighted by atomic mass is 16.5. The fraction of sp³-hybridized carbons (Fsp3) is 0.857. The maximum absolute atomic E-state index is 10.7. The standard InChI is InChI=1S/C14H24N2O2/c1-9(2)13-15-12(18-16-13)8-14(17)6-10(3)5-11(4)7-14/h9-11,17H,5-8H2,1-4H3/t10-,11-/m0/s1. The summed E-state index contributed by atoms with van der Waals surface area (Å²) in [4.78, 5) is 4.36. The first kappa shape index (κ1) is 13.5. The van der Waals surface area contributed by atoms with Gasteiger partial charge in [-0.2, -0.15) is 4.98 Å². The molecule has 4 nitrogen and oxygen atoms in total. The SMILES string of the molecule is CC(C)c1noc(CC2(O)C[C@@H](C)C[C@H](C)C2)n1. The summed E-state index contributed by atoms with van der Waals surface area (Å²) in [5.41, 5.74) is -0.669. The van der Waals surface area contributed by atoms with Crippen LogP contribution in [0.25, 0.3) is 0 Å². The zero-order valence-electron chi connectivity index (χ0n) is 11.8. The van der Waals surface area contributed by atoms with Crippen molar-refractivity contribution in [3.05, 3.63) is 11.7 Å². The maximum Gasteiger partial charge on any atom is 0.229 e. The normalized spacial score (nSPS) is 33.0. The molecule has 2 atom stereocenters. The van der Waals surface area contributed by atoms with Crippen LogP contribution in [0.2, 0.25) is 0 Å². The smallest absolute Gasteiger partial charge is 0.229 e. The quantitative estimate of drug-likeness (QED) is 0.898. The summed E-state index contributed by atoms with van der Waals surface area (Å²) in [6.45, 7) is 8.48. The number of rotatable bonds is 3. The maximum atomic E-state index is 10.7. The topological polar surface area (TPSA) is 59.2 Å². The van der Waals surface area contributed by atoms with Crippen LogP contribution < -0.4 is 0 Å². The van der Waals surface area contributed by atoms with Gasteiger partial charge in [-0.1, -0.05) is 32.9 Å². The van der Waals surface area contributed by atoms with Gasteiger partial charge in [0.05, 0.1) is 12.0 Å². The number of hydrogen-bond acceptors (Lipinski definition) is 4. The van der Waals surface area contributed by atoms with E-state index in [1.807, 2.05) is 13.8 Å². The number of aliphatic hydroxyl groups is 1. The molecule has 4 heteroatoms. The molecule has 1 N–H and O–H groups in total. The molecule has 2 rings (SSSR count). The fourth-order valence-electron chi connectivity index (χ4n) is 3.23. The Bertz CT molecular complexity index is 390. The van der Waals surface area contributed by atoms with Gasteiger partial charge in [0.25, 0.3) is 0 Å². The first-order chi connectivity index (χ1) is 8.38. The van der Waals surface area contributed by atoms with Crippen LogP contribution in [0.3, 0.4) is 0 Å². The van der Waals surface area contributed by atoms with Crippen LogP contribution in [0.1, 0.15) is 64.6 Å². The third-order valence-electron chi connectivity index (χ3n) is 3.74. The van der Waals surface area contributed by atoms with Gasteiger partial charge in [0.2, 0.25) is 5.89 Å². The van der Waals surface area contributed by atoms with Crippen LogP contribution in [0.15, 0.2) is 4.52 Å². The van der Waals surface area contributed by atoms with Crippen molar-refractivity contribution < 1.29 is 9.63 Å². The van der Waals surface area contributed by atoms with E-state index in [2.05, 4.69) is 24.0 Å². The van der Waals surface area contributed by atoms with Gasteiger partial charge in [0.1, 0.15) is 0 Å². The Morgan fingerprint density at radius 3 is 2.44 bits per heavy atom. The summed E-state index contributed by atoms with van der Waals surface area (Å²) in [7, 11) is 0. The Hall–Kier alpha value is -0.900. The van der Waals surface area contributed by atoms with Crippen molar-refractivity contribution in [1.29, 1.82) is 0 Å². The van der Waals surface area contributed by atoms with Crippen molar-refractivity contribution in [3.63, 3.8) is 0 Å². The average molecular weight is 252 g/mol. The lowest BCUT2D eigenvalue weighted by molar-refractivity contribution is -0.0355. The molecule has 1 aromatic heterocycles. The molecule has 0 aliphatic heterocycles. The predicted octanol–water partition coefficient (Wildman–Crippen LogP) is 2.92. The molecule has 1 aromatic rings. The number of nitrogens with zero attached hydrogens (tertiary/aromatic N) is 2. The molecule has 0 unspecified atom stereocenters. The van der Waals surface area contributed by atoms with Gasteiger partial charge in [-0.3, -0.25) is 0 Å². The van der Waals surface area contributed by atoms with Crippen LogP contribution in [0.5, 0.6) is 0 Å². The van der Waals surface area contributed by atoms with Crippen LogP contribution in [-0.4, -0.2) is 20.8 Å². The minimum Gasteiger partial charge on any atom is -0.389 e. The van der Waals surface area contributed by atoms with Crippen molar-refractivity contribution >= 4 is 0 Å². The minimum absolute atomic E-state index is 0.265. The second-order valence-electron chi connectivity index (χ2n) is 6.46. The summed E-state index contributed by atoms with van der Waals surface area (Å²) in [5, 5.41) is 14.6. The molecule has 0 bridgehead atoms. The van der Waals surface area contributed by atoms with E-state index < -0.39 is 5.60 Å². The van der Waals surface area contributed by atoms with E-state index in [4.69, 9.17) is 4.52 Å². The Kier molecular flexibility index (Phi) is 3.76. The van der Waals surface area contributed by atoms with Gasteiger partial charge in [-0.05, 0) is 31.1 Å². The van der Waals surface area contributed by atoms with Gasteiger partial charge in [0, 0.05) is 5.92 Å². The molecule has 0 spiro atoms. The summed E-state index contributed by atoms with van der Waals surface area (Å²) in [5.74, 6) is 2.69. The summed E-state index contributed by atoms with van der Waals surface area (Å²) >= 11 is 0. The van der Waals surface area contributed by atoms with Gasteiger partial charge >= 0.3 is 0 Å². The molecule has 0 aromatic carbocycles. The first-order valence-electron chi connectivity index (χ1n) is 6.93. The molecule has 1 heterocycles. The van der Waals surface area contributed by atoms with E-state index in [1.54, 1.807) is 0 Å². The lowest BCUT2D eigenvalue weighted by Crippen LogP contribution is -2.39. The molecule has 18 heavy (non-hydrogen) atoms. The van der Waals surface area contributed by atoms with Crippen LogP contribution in [0.4, 0.5) is 0 Å². The summed E-state index contributed by atoms with van der Waals surface area (Å²) in [6, 6.07) is 0. The third kappa shape index (κ3) is 3.10. The van der Waals surface area contributed by atoms with Crippen molar-refractivity contribution in [2.45, 2.75) is 64.9 Å². The fourth-order valence-corrected chi connectivity index (χ4v) is 3.23. The highest BCUT2D eigenvalue weighted by Gasteiger charge is 2.37.